The van der Waals surface area contributed by atoms with Crippen molar-refractivity contribution < 1.29 is 9.90 Å². The Morgan fingerprint density at radius 2 is 2.23 bits per heavy atom. The van der Waals surface area contributed by atoms with E-state index in [1.165, 1.54) is 0 Å². The van der Waals surface area contributed by atoms with Gasteiger partial charge in [0.15, 0.2) is 0 Å². The van der Waals surface area contributed by atoms with Crippen molar-refractivity contribution in [3.8, 4) is 0 Å². The average Bonchev–Trinajstić information content (AvgIpc) is 2.04. The van der Waals surface area contributed by atoms with Gasteiger partial charge < -0.3 is 5.11 Å². The van der Waals surface area contributed by atoms with Crippen molar-refractivity contribution in [1.29, 1.82) is 0 Å². The van der Waals surface area contributed by atoms with Crippen LogP contribution in [0.2, 0.25) is 0 Å². The van der Waals surface area contributed by atoms with Gasteiger partial charge in [0.1, 0.15) is 0 Å². The van der Waals surface area contributed by atoms with E-state index in [9.17, 15) is 4.79 Å². The molecule has 0 aliphatic carbocycles. The molecule has 0 heterocycles. The highest BCUT2D eigenvalue weighted by Crippen LogP contribution is 2.14. The highest BCUT2D eigenvalue weighted by Gasteiger charge is 1.99. The van der Waals surface area contributed by atoms with Crippen LogP contribution in [0, 0.1) is 0 Å². The van der Waals surface area contributed by atoms with E-state index in [-0.39, 0.29) is 0 Å². The van der Waals surface area contributed by atoms with Crippen LogP contribution in [0.15, 0.2) is 34.3 Å². The molecular formula is C10H9BrO2. The van der Waals surface area contributed by atoms with Crippen molar-refractivity contribution in [2.24, 2.45) is 0 Å². The maximum absolute atomic E-state index is 10.5. The van der Waals surface area contributed by atoms with E-state index < -0.39 is 5.97 Å². The molecule has 0 fully saturated rings. The first-order chi connectivity index (χ1) is 6.09. The molecule has 0 aliphatic rings. The van der Waals surface area contributed by atoms with Gasteiger partial charge in [-0.3, -0.25) is 0 Å². The van der Waals surface area contributed by atoms with Gasteiger partial charge in [-0.05, 0) is 30.7 Å². The molecule has 3 heteroatoms. The summed E-state index contributed by atoms with van der Waals surface area (Å²) in [7, 11) is 0. The average molecular weight is 241 g/mol. The van der Waals surface area contributed by atoms with Crippen LogP contribution in [0.25, 0.3) is 6.08 Å². The Hall–Kier alpha value is -1.09. The summed E-state index contributed by atoms with van der Waals surface area (Å²) in [5.41, 5.74) is 1.22. The fraction of sp³-hybridized carbons (Fsp3) is 0.100. The van der Waals surface area contributed by atoms with E-state index in [0.717, 1.165) is 10.0 Å². The number of rotatable bonds is 2. The second-order valence-corrected chi connectivity index (χ2v) is 3.60. The van der Waals surface area contributed by atoms with Crippen molar-refractivity contribution in [1.82, 2.24) is 0 Å². The van der Waals surface area contributed by atoms with Crippen LogP contribution in [0.3, 0.4) is 0 Å². The predicted molar refractivity (Wildman–Crippen MR) is 55.4 cm³/mol. The number of carboxylic acid groups (broad SMARTS) is 1. The summed E-state index contributed by atoms with van der Waals surface area (Å²) in [5, 5.41) is 8.63. The SMILES string of the molecule is C/C(=C/c1cccc(Br)c1)C(=O)O. The number of carbonyl (C=O) groups is 1. The number of hydrogen-bond donors (Lipinski definition) is 1. The molecule has 0 unspecified atom stereocenters. The molecule has 0 atom stereocenters. The van der Waals surface area contributed by atoms with E-state index in [1.54, 1.807) is 13.0 Å². The van der Waals surface area contributed by atoms with Crippen LogP contribution in [0.5, 0.6) is 0 Å². The van der Waals surface area contributed by atoms with Crippen molar-refractivity contribution >= 4 is 28.0 Å². The molecule has 0 aliphatic heterocycles. The van der Waals surface area contributed by atoms with Gasteiger partial charge in [0, 0.05) is 10.0 Å². The normalized spacial score (nSPS) is 11.4. The number of halogens is 1. The fourth-order valence-electron chi connectivity index (χ4n) is 0.908. The summed E-state index contributed by atoms with van der Waals surface area (Å²) in [4.78, 5) is 10.5. The molecule has 1 N–H and O–H groups in total. The Morgan fingerprint density at radius 3 is 2.77 bits per heavy atom. The van der Waals surface area contributed by atoms with E-state index in [1.807, 2.05) is 24.3 Å². The molecule has 13 heavy (non-hydrogen) atoms. The van der Waals surface area contributed by atoms with E-state index in [4.69, 9.17) is 5.11 Å². The fourth-order valence-corrected chi connectivity index (χ4v) is 1.33. The monoisotopic (exact) mass is 240 g/mol. The topological polar surface area (TPSA) is 37.3 Å². The van der Waals surface area contributed by atoms with Crippen molar-refractivity contribution in [2.45, 2.75) is 6.92 Å². The number of benzene rings is 1. The largest absolute Gasteiger partial charge is 0.478 e. The Bertz CT molecular complexity index is 356. The maximum Gasteiger partial charge on any atom is 0.331 e. The lowest BCUT2D eigenvalue weighted by atomic mass is 10.1. The Morgan fingerprint density at radius 1 is 1.54 bits per heavy atom. The Kier molecular flexibility index (Phi) is 3.25. The van der Waals surface area contributed by atoms with Crippen molar-refractivity contribution in [2.75, 3.05) is 0 Å². The van der Waals surface area contributed by atoms with Gasteiger partial charge in [-0.15, -0.1) is 0 Å². The number of carboxylic acids is 1. The first-order valence-corrected chi connectivity index (χ1v) is 4.56. The molecule has 1 aromatic rings. The smallest absolute Gasteiger partial charge is 0.331 e. The van der Waals surface area contributed by atoms with Crippen LogP contribution in [0.1, 0.15) is 12.5 Å². The summed E-state index contributed by atoms with van der Waals surface area (Å²) >= 11 is 3.31. The van der Waals surface area contributed by atoms with Crippen LogP contribution < -0.4 is 0 Å². The van der Waals surface area contributed by atoms with Gasteiger partial charge in [0.25, 0.3) is 0 Å². The van der Waals surface area contributed by atoms with Crippen LogP contribution in [-0.4, -0.2) is 11.1 Å². The van der Waals surface area contributed by atoms with Gasteiger partial charge in [-0.25, -0.2) is 4.79 Å². The van der Waals surface area contributed by atoms with Crippen molar-refractivity contribution in [3.05, 3.63) is 39.9 Å². The molecule has 2 nitrogen and oxygen atoms in total. The third-order valence-electron chi connectivity index (χ3n) is 1.57. The highest BCUT2D eigenvalue weighted by atomic mass is 79.9. The second-order valence-electron chi connectivity index (χ2n) is 2.69. The van der Waals surface area contributed by atoms with Gasteiger partial charge >= 0.3 is 5.97 Å². The lowest BCUT2D eigenvalue weighted by Gasteiger charge is -1.96. The molecule has 1 rings (SSSR count). The zero-order chi connectivity index (χ0) is 9.84. The summed E-state index contributed by atoms with van der Waals surface area (Å²) < 4.78 is 0.944. The summed E-state index contributed by atoms with van der Waals surface area (Å²) in [6, 6.07) is 7.49. The van der Waals surface area contributed by atoms with Gasteiger partial charge in [0.05, 0.1) is 0 Å². The first kappa shape index (κ1) is 9.99. The van der Waals surface area contributed by atoms with Gasteiger partial charge in [-0.1, -0.05) is 28.1 Å². The lowest BCUT2D eigenvalue weighted by Crippen LogP contribution is -1.95. The minimum atomic E-state index is -0.889. The standard InChI is InChI=1S/C10H9BrO2/c1-7(10(12)13)5-8-3-2-4-9(11)6-8/h2-6H,1H3,(H,12,13)/b7-5-. The first-order valence-electron chi connectivity index (χ1n) is 3.77. The maximum atomic E-state index is 10.5. The van der Waals surface area contributed by atoms with Crippen molar-refractivity contribution in [3.63, 3.8) is 0 Å². The Labute approximate surface area is 85.0 Å². The lowest BCUT2D eigenvalue weighted by molar-refractivity contribution is -0.132. The quantitative estimate of drug-likeness (QED) is 0.808. The molecule has 0 saturated heterocycles. The molecule has 0 aromatic heterocycles. The number of aliphatic carboxylic acids is 1. The van der Waals surface area contributed by atoms with E-state index in [2.05, 4.69) is 15.9 Å². The van der Waals surface area contributed by atoms with Gasteiger partial charge in [0.2, 0.25) is 0 Å². The zero-order valence-electron chi connectivity index (χ0n) is 7.12. The summed E-state index contributed by atoms with van der Waals surface area (Å²) in [5.74, 6) is -0.889. The molecule has 0 bridgehead atoms. The minimum Gasteiger partial charge on any atom is -0.478 e. The molecule has 68 valence electrons. The molecule has 1 aromatic carbocycles. The third kappa shape index (κ3) is 3.03. The van der Waals surface area contributed by atoms with Gasteiger partial charge in [-0.2, -0.15) is 0 Å². The third-order valence-corrected chi connectivity index (χ3v) is 2.06. The molecule has 0 spiro atoms. The van der Waals surface area contributed by atoms with Crippen LogP contribution in [0.4, 0.5) is 0 Å². The Balaban J connectivity index is 2.97. The van der Waals surface area contributed by atoms with Crippen LogP contribution in [-0.2, 0) is 4.79 Å². The van der Waals surface area contributed by atoms with E-state index in [0.29, 0.717) is 5.57 Å². The molecule has 0 radical (unpaired) electrons. The predicted octanol–water partition coefficient (Wildman–Crippen LogP) is 2.94. The second kappa shape index (κ2) is 4.23. The minimum absolute atomic E-state index is 0.332. The van der Waals surface area contributed by atoms with E-state index >= 15 is 0 Å². The highest BCUT2D eigenvalue weighted by molar-refractivity contribution is 9.10. The molecular weight excluding hydrogens is 232 g/mol. The molecule has 0 saturated carbocycles. The summed E-state index contributed by atoms with van der Waals surface area (Å²) in [6.45, 7) is 1.57. The zero-order valence-corrected chi connectivity index (χ0v) is 8.71. The van der Waals surface area contributed by atoms with Crippen LogP contribution >= 0.6 is 15.9 Å². The summed E-state index contributed by atoms with van der Waals surface area (Å²) in [6.07, 6.45) is 1.63. The number of hydrogen-bond acceptors (Lipinski definition) is 1. The molecule has 0 amide bonds.